The molecule has 0 saturated heterocycles. The standard InChI is InChI=1S/C15H22O2/c1-3-11-5-7-12(8-6-11)15(16)14-10-9-13(4-2)17-14/h9-12H,3-8H2,1-2H3. The van der Waals surface area contributed by atoms with Gasteiger partial charge in [0.05, 0.1) is 0 Å². The molecule has 94 valence electrons. The highest BCUT2D eigenvalue weighted by Gasteiger charge is 2.27. The molecule has 0 unspecified atom stereocenters. The maximum atomic E-state index is 12.2. The van der Waals surface area contributed by atoms with Gasteiger partial charge in [0.25, 0.3) is 0 Å². The van der Waals surface area contributed by atoms with Crippen LogP contribution >= 0.6 is 0 Å². The first kappa shape index (κ1) is 12.4. The fourth-order valence-corrected chi connectivity index (χ4v) is 2.73. The molecule has 1 heterocycles. The fourth-order valence-electron chi connectivity index (χ4n) is 2.73. The molecular weight excluding hydrogens is 212 g/mol. The first-order chi connectivity index (χ1) is 8.24. The van der Waals surface area contributed by atoms with Crippen LogP contribution in [0.5, 0.6) is 0 Å². The van der Waals surface area contributed by atoms with Crippen LogP contribution < -0.4 is 0 Å². The molecule has 0 atom stereocenters. The van der Waals surface area contributed by atoms with Crippen LogP contribution in [0.3, 0.4) is 0 Å². The van der Waals surface area contributed by atoms with E-state index in [2.05, 4.69) is 6.92 Å². The lowest BCUT2D eigenvalue weighted by Crippen LogP contribution is -2.21. The third-order valence-corrected chi connectivity index (χ3v) is 4.05. The van der Waals surface area contributed by atoms with E-state index >= 15 is 0 Å². The van der Waals surface area contributed by atoms with Gasteiger partial charge in [-0.05, 0) is 43.7 Å². The number of furan rings is 1. The van der Waals surface area contributed by atoms with Crippen molar-refractivity contribution in [1.82, 2.24) is 0 Å². The van der Waals surface area contributed by atoms with Crippen molar-refractivity contribution in [3.63, 3.8) is 0 Å². The molecule has 0 aliphatic heterocycles. The summed E-state index contributed by atoms with van der Waals surface area (Å²) in [5.41, 5.74) is 0. The van der Waals surface area contributed by atoms with Crippen LogP contribution in [-0.4, -0.2) is 5.78 Å². The molecule has 1 aliphatic rings. The summed E-state index contributed by atoms with van der Waals surface area (Å²) in [6, 6.07) is 3.76. The van der Waals surface area contributed by atoms with E-state index in [9.17, 15) is 4.79 Å². The fraction of sp³-hybridized carbons (Fsp3) is 0.667. The van der Waals surface area contributed by atoms with Crippen LogP contribution in [0.4, 0.5) is 0 Å². The molecule has 1 aromatic heterocycles. The van der Waals surface area contributed by atoms with E-state index in [0.29, 0.717) is 5.76 Å². The molecule has 2 heteroatoms. The van der Waals surface area contributed by atoms with Gasteiger partial charge in [0.2, 0.25) is 5.78 Å². The third kappa shape index (κ3) is 2.80. The minimum Gasteiger partial charge on any atom is -0.458 e. The predicted octanol–water partition coefficient (Wildman–Crippen LogP) is 4.24. The van der Waals surface area contributed by atoms with E-state index in [0.717, 1.165) is 30.9 Å². The van der Waals surface area contributed by atoms with Gasteiger partial charge in [-0.25, -0.2) is 0 Å². The van der Waals surface area contributed by atoms with Crippen LogP contribution in [-0.2, 0) is 6.42 Å². The van der Waals surface area contributed by atoms with Crippen molar-refractivity contribution in [2.24, 2.45) is 11.8 Å². The number of ketones is 1. The molecule has 0 spiro atoms. The lowest BCUT2D eigenvalue weighted by atomic mass is 9.78. The Kier molecular flexibility index (Phi) is 4.03. The van der Waals surface area contributed by atoms with Crippen molar-refractivity contribution in [2.75, 3.05) is 0 Å². The van der Waals surface area contributed by atoms with Crippen molar-refractivity contribution in [3.05, 3.63) is 23.7 Å². The third-order valence-electron chi connectivity index (χ3n) is 4.05. The van der Waals surface area contributed by atoms with Gasteiger partial charge >= 0.3 is 0 Å². The van der Waals surface area contributed by atoms with Gasteiger partial charge in [-0.15, -0.1) is 0 Å². The summed E-state index contributed by atoms with van der Waals surface area (Å²) in [6.07, 6.45) is 6.60. The number of hydrogen-bond donors (Lipinski definition) is 0. The van der Waals surface area contributed by atoms with E-state index in [4.69, 9.17) is 4.42 Å². The molecule has 1 fully saturated rings. The molecule has 0 amide bonds. The van der Waals surface area contributed by atoms with Gasteiger partial charge in [-0.2, -0.15) is 0 Å². The molecule has 2 nitrogen and oxygen atoms in total. The van der Waals surface area contributed by atoms with E-state index in [1.54, 1.807) is 0 Å². The van der Waals surface area contributed by atoms with Crippen molar-refractivity contribution in [3.8, 4) is 0 Å². The summed E-state index contributed by atoms with van der Waals surface area (Å²) in [5, 5.41) is 0. The number of hydrogen-bond acceptors (Lipinski definition) is 2. The topological polar surface area (TPSA) is 30.2 Å². The zero-order valence-electron chi connectivity index (χ0n) is 10.9. The molecule has 0 aromatic carbocycles. The monoisotopic (exact) mass is 234 g/mol. The molecule has 0 bridgehead atoms. The predicted molar refractivity (Wildman–Crippen MR) is 68.2 cm³/mol. The zero-order chi connectivity index (χ0) is 12.3. The maximum Gasteiger partial charge on any atom is 0.201 e. The number of Topliss-reactive ketones (excluding diaryl/α,β-unsaturated/α-hetero) is 1. The van der Waals surface area contributed by atoms with Gasteiger partial charge < -0.3 is 4.42 Å². The lowest BCUT2D eigenvalue weighted by Gasteiger charge is -2.26. The first-order valence-corrected chi connectivity index (χ1v) is 6.87. The summed E-state index contributed by atoms with van der Waals surface area (Å²) in [4.78, 5) is 12.2. The van der Waals surface area contributed by atoms with E-state index in [1.165, 1.54) is 19.3 Å². The van der Waals surface area contributed by atoms with Crippen LogP contribution in [0.1, 0.15) is 62.3 Å². The Labute approximate surface area is 103 Å². The van der Waals surface area contributed by atoms with Gasteiger partial charge in [0, 0.05) is 12.3 Å². The van der Waals surface area contributed by atoms with Gasteiger partial charge in [0.15, 0.2) is 5.76 Å². The number of rotatable bonds is 4. The number of carbonyl (C=O) groups excluding carboxylic acids is 1. The van der Waals surface area contributed by atoms with Crippen molar-refractivity contribution >= 4 is 5.78 Å². The Hall–Kier alpha value is -1.05. The summed E-state index contributed by atoms with van der Waals surface area (Å²) in [6.45, 7) is 4.28. The Morgan fingerprint density at radius 2 is 1.94 bits per heavy atom. The van der Waals surface area contributed by atoms with Crippen LogP contribution in [0, 0.1) is 11.8 Å². The highest BCUT2D eigenvalue weighted by molar-refractivity contribution is 5.95. The van der Waals surface area contributed by atoms with Gasteiger partial charge in [0.1, 0.15) is 5.76 Å². The highest BCUT2D eigenvalue weighted by Crippen LogP contribution is 2.32. The zero-order valence-corrected chi connectivity index (χ0v) is 10.9. The number of aryl methyl sites for hydroxylation is 1. The SMILES string of the molecule is CCc1ccc(C(=O)C2CCC(CC)CC2)o1. The normalized spacial score (nSPS) is 24.8. The van der Waals surface area contributed by atoms with Gasteiger partial charge in [-0.1, -0.05) is 20.3 Å². The molecule has 1 saturated carbocycles. The van der Waals surface area contributed by atoms with Gasteiger partial charge in [-0.3, -0.25) is 4.79 Å². The molecule has 0 radical (unpaired) electrons. The lowest BCUT2D eigenvalue weighted by molar-refractivity contribution is 0.0840. The first-order valence-electron chi connectivity index (χ1n) is 6.87. The maximum absolute atomic E-state index is 12.2. The molecule has 1 aromatic rings. The summed E-state index contributed by atoms with van der Waals surface area (Å²) < 4.78 is 5.55. The van der Waals surface area contributed by atoms with Crippen LogP contribution in [0.15, 0.2) is 16.5 Å². The Morgan fingerprint density at radius 3 is 2.47 bits per heavy atom. The van der Waals surface area contributed by atoms with Crippen LogP contribution in [0.25, 0.3) is 0 Å². The second-order valence-corrected chi connectivity index (χ2v) is 5.11. The Balaban J connectivity index is 1.96. The van der Waals surface area contributed by atoms with Crippen molar-refractivity contribution < 1.29 is 9.21 Å². The van der Waals surface area contributed by atoms with Crippen molar-refractivity contribution in [2.45, 2.75) is 52.4 Å². The second kappa shape index (κ2) is 5.52. The number of carbonyl (C=O) groups is 1. The molecule has 1 aliphatic carbocycles. The molecular formula is C15H22O2. The van der Waals surface area contributed by atoms with E-state index in [-0.39, 0.29) is 11.7 Å². The van der Waals surface area contributed by atoms with E-state index in [1.807, 2.05) is 19.1 Å². The van der Waals surface area contributed by atoms with Crippen molar-refractivity contribution in [1.29, 1.82) is 0 Å². The largest absolute Gasteiger partial charge is 0.458 e. The summed E-state index contributed by atoms with van der Waals surface area (Å²) in [5.74, 6) is 2.74. The second-order valence-electron chi connectivity index (χ2n) is 5.11. The molecule has 0 N–H and O–H groups in total. The quantitative estimate of drug-likeness (QED) is 0.729. The highest BCUT2D eigenvalue weighted by atomic mass is 16.3. The minimum absolute atomic E-state index is 0.202. The Morgan fingerprint density at radius 1 is 1.24 bits per heavy atom. The molecule has 17 heavy (non-hydrogen) atoms. The minimum atomic E-state index is 0.202. The average Bonchev–Trinajstić information content (AvgIpc) is 2.87. The summed E-state index contributed by atoms with van der Waals surface area (Å²) >= 11 is 0. The summed E-state index contributed by atoms with van der Waals surface area (Å²) in [7, 11) is 0. The molecule has 2 rings (SSSR count). The average molecular weight is 234 g/mol. The van der Waals surface area contributed by atoms with Crippen LogP contribution in [0.2, 0.25) is 0 Å². The smallest absolute Gasteiger partial charge is 0.201 e. The van der Waals surface area contributed by atoms with E-state index < -0.39 is 0 Å². The Bertz CT molecular complexity index is 370.